The highest BCUT2D eigenvalue weighted by molar-refractivity contribution is 6.30. The number of hydrogen-bond acceptors (Lipinski definition) is 1. The summed E-state index contributed by atoms with van der Waals surface area (Å²) in [6, 6.07) is 0. The maximum Gasteiger partial charge on any atom is 0.128 e. The fourth-order valence-corrected chi connectivity index (χ4v) is 1.25. The first-order valence-corrected chi connectivity index (χ1v) is 4.29. The molecule has 0 aromatic heterocycles. The fourth-order valence-electron chi connectivity index (χ4n) is 0.807. The molecule has 1 atom stereocenters. The van der Waals surface area contributed by atoms with Crippen molar-refractivity contribution in [3.8, 4) is 0 Å². The van der Waals surface area contributed by atoms with E-state index < -0.39 is 0 Å². The highest BCUT2D eigenvalue weighted by Crippen LogP contribution is 2.16. The molecule has 0 saturated heterocycles. The predicted molar refractivity (Wildman–Crippen MR) is 50.4 cm³/mol. The van der Waals surface area contributed by atoms with Gasteiger partial charge in [-0.2, -0.15) is 0 Å². The van der Waals surface area contributed by atoms with Crippen molar-refractivity contribution >= 4 is 29.4 Å². The van der Waals surface area contributed by atoms with E-state index >= 15 is 0 Å². The van der Waals surface area contributed by atoms with Crippen molar-refractivity contribution in [2.75, 3.05) is 5.88 Å². The van der Waals surface area contributed by atoms with Gasteiger partial charge >= 0.3 is 0 Å². The van der Waals surface area contributed by atoms with Crippen molar-refractivity contribution in [2.24, 2.45) is 10.9 Å². The number of rotatable bonds is 1. The monoisotopic (exact) mass is 189 g/mol. The van der Waals surface area contributed by atoms with E-state index in [0.717, 1.165) is 0 Å². The van der Waals surface area contributed by atoms with Crippen LogP contribution in [-0.4, -0.2) is 12.1 Å². The molecule has 1 unspecified atom stereocenters. The van der Waals surface area contributed by atoms with Crippen LogP contribution >= 0.6 is 23.2 Å². The van der Waals surface area contributed by atoms with Gasteiger partial charge in [-0.15, -0.1) is 11.6 Å². The molecule has 11 heavy (non-hydrogen) atoms. The van der Waals surface area contributed by atoms with Crippen molar-refractivity contribution in [3.05, 3.63) is 22.9 Å². The van der Waals surface area contributed by atoms with Crippen molar-refractivity contribution in [1.82, 2.24) is 0 Å². The summed E-state index contributed by atoms with van der Waals surface area (Å²) in [6.07, 6.45) is 5.51. The number of halogens is 2. The summed E-state index contributed by atoms with van der Waals surface area (Å²) >= 11 is 11.4. The minimum atomic E-state index is 0.226. The first-order valence-electron chi connectivity index (χ1n) is 3.38. The molecule has 0 aromatic carbocycles. The van der Waals surface area contributed by atoms with E-state index in [1.165, 1.54) is 5.57 Å². The zero-order chi connectivity index (χ0) is 8.27. The zero-order valence-corrected chi connectivity index (χ0v) is 7.73. The standard InChI is InChI=1S/C8H9Cl2N/c1-6-2-3-8(10)11-5-7(6)4-9/h2-3,5,7H,4H2,1H3. The van der Waals surface area contributed by atoms with Gasteiger partial charge in [-0.05, 0) is 13.0 Å². The maximum absolute atomic E-state index is 5.70. The summed E-state index contributed by atoms with van der Waals surface area (Å²) in [4.78, 5) is 3.99. The molecule has 0 fully saturated rings. The fraction of sp³-hybridized carbons (Fsp3) is 0.375. The summed E-state index contributed by atoms with van der Waals surface area (Å²) in [5.41, 5.74) is 1.19. The average molecular weight is 190 g/mol. The van der Waals surface area contributed by atoms with E-state index in [-0.39, 0.29) is 5.92 Å². The minimum absolute atomic E-state index is 0.226. The number of alkyl halides is 1. The van der Waals surface area contributed by atoms with Crippen LogP contribution in [0, 0.1) is 5.92 Å². The molecule has 60 valence electrons. The number of hydrogen-bond donors (Lipinski definition) is 0. The molecule has 0 radical (unpaired) electrons. The van der Waals surface area contributed by atoms with Crippen molar-refractivity contribution in [1.29, 1.82) is 0 Å². The van der Waals surface area contributed by atoms with Crippen LogP contribution in [0.1, 0.15) is 6.92 Å². The van der Waals surface area contributed by atoms with Gasteiger partial charge in [0, 0.05) is 18.0 Å². The second kappa shape index (κ2) is 3.93. The predicted octanol–water partition coefficient (Wildman–Crippen LogP) is 2.95. The normalized spacial score (nSPS) is 24.1. The van der Waals surface area contributed by atoms with E-state index in [2.05, 4.69) is 4.99 Å². The van der Waals surface area contributed by atoms with E-state index in [1.807, 2.05) is 13.0 Å². The van der Waals surface area contributed by atoms with Gasteiger partial charge in [0.25, 0.3) is 0 Å². The van der Waals surface area contributed by atoms with E-state index in [9.17, 15) is 0 Å². The Bertz CT molecular complexity index is 228. The van der Waals surface area contributed by atoms with Gasteiger partial charge in [-0.1, -0.05) is 23.3 Å². The van der Waals surface area contributed by atoms with Crippen LogP contribution in [0.15, 0.2) is 27.9 Å². The lowest BCUT2D eigenvalue weighted by molar-refractivity contribution is 0.947. The summed E-state index contributed by atoms with van der Waals surface area (Å²) < 4.78 is 0. The van der Waals surface area contributed by atoms with Crippen LogP contribution in [0.3, 0.4) is 0 Å². The third-order valence-electron chi connectivity index (χ3n) is 1.61. The first kappa shape index (κ1) is 8.82. The summed E-state index contributed by atoms with van der Waals surface area (Å²) in [5.74, 6) is 0.785. The molecule has 0 amide bonds. The lowest BCUT2D eigenvalue weighted by Gasteiger charge is -2.05. The van der Waals surface area contributed by atoms with Gasteiger partial charge in [-0.3, -0.25) is 0 Å². The summed E-state index contributed by atoms with van der Waals surface area (Å²) in [5, 5.41) is 0.511. The largest absolute Gasteiger partial charge is 0.248 e. The van der Waals surface area contributed by atoms with Gasteiger partial charge in [0.2, 0.25) is 0 Å². The van der Waals surface area contributed by atoms with Gasteiger partial charge in [-0.25, -0.2) is 4.99 Å². The number of nitrogens with zero attached hydrogens (tertiary/aromatic N) is 1. The Kier molecular flexibility index (Phi) is 3.16. The second-order valence-electron chi connectivity index (χ2n) is 2.44. The second-order valence-corrected chi connectivity index (χ2v) is 3.13. The molecule has 0 N–H and O–H groups in total. The van der Waals surface area contributed by atoms with Gasteiger partial charge in [0.05, 0.1) is 0 Å². The highest BCUT2D eigenvalue weighted by Gasteiger charge is 2.07. The SMILES string of the molecule is CC1=CC=C(Cl)N=CC1CCl. The van der Waals surface area contributed by atoms with E-state index in [0.29, 0.717) is 11.0 Å². The van der Waals surface area contributed by atoms with Gasteiger partial charge < -0.3 is 0 Å². The van der Waals surface area contributed by atoms with Crippen LogP contribution < -0.4 is 0 Å². The molecule has 1 rings (SSSR count). The van der Waals surface area contributed by atoms with Gasteiger partial charge in [0.1, 0.15) is 5.16 Å². The Morgan fingerprint density at radius 3 is 2.91 bits per heavy atom. The number of aliphatic imine (C=N–C) groups is 1. The molecule has 1 heterocycles. The summed E-state index contributed by atoms with van der Waals surface area (Å²) in [6.45, 7) is 2.02. The minimum Gasteiger partial charge on any atom is -0.248 e. The molecule has 1 aliphatic rings. The third kappa shape index (κ3) is 2.35. The van der Waals surface area contributed by atoms with Crippen LogP contribution in [0.4, 0.5) is 0 Å². The Hall–Kier alpha value is -0.270. The Labute approximate surface area is 76.4 Å². The van der Waals surface area contributed by atoms with Crippen LogP contribution in [0.2, 0.25) is 0 Å². The van der Waals surface area contributed by atoms with Gasteiger partial charge in [0.15, 0.2) is 0 Å². The maximum atomic E-state index is 5.70. The lowest BCUT2D eigenvalue weighted by Crippen LogP contribution is -2.04. The smallest absolute Gasteiger partial charge is 0.128 e. The Morgan fingerprint density at radius 2 is 2.27 bits per heavy atom. The van der Waals surface area contributed by atoms with Crippen molar-refractivity contribution in [2.45, 2.75) is 6.92 Å². The molecule has 1 nitrogen and oxygen atoms in total. The topological polar surface area (TPSA) is 12.4 Å². The third-order valence-corrected chi connectivity index (χ3v) is 2.17. The quantitative estimate of drug-likeness (QED) is 0.445. The van der Waals surface area contributed by atoms with E-state index in [1.54, 1.807) is 12.3 Å². The molecule has 0 spiro atoms. The average Bonchev–Trinajstić information content (AvgIpc) is 2.15. The van der Waals surface area contributed by atoms with Crippen LogP contribution in [0.5, 0.6) is 0 Å². The first-order chi connectivity index (χ1) is 5.24. The van der Waals surface area contributed by atoms with Crippen molar-refractivity contribution in [3.63, 3.8) is 0 Å². The zero-order valence-electron chi connectivity index (χ0n) is 6.22. The molecular weight excluding hydrogens is 181 g/mol. The highest BCUT2D eigenvalue weighted by atomic mass is 35.5. The molecule has 0 saturated carbocycles. The number of allylic oxidation sites excluding steroid dienone is 3. The Balaban J connectivity index is 2.84. The molecule has 0 bridgehead atoms. The molecule has 3 heteroatoms. The van der Waals surface area contributed by atoms with E-state index in [4.69, 9.17) is 23.2 Å². The molecule has 0 aliphatic carbocycles. The molecule has 0 aromatic rings. The van der Waals surface area contributed by atoms with Crippen molar-refractivity contribution < 1.29 is 0 Å². The van der Waals surface area contributed by atoms with Crippen LogP contribution in [0.25, 0.3) is 0 Å². The summed E-state index contributed by atoms with van der Waals surface area (Å²) in [7, 11) is 0. The lowest BCUT2D eigenvalue weighted by atomic mass is 10.0. The molecular formula is C8H9Cl2N. The molecule has 1 aliphatic heterocycles. The Morgan fingerprint density at radius 1 is 1.55 bits per heavy atom. The van der Waals surface area contributed by atoms with Crippen LogP contribution in [-0.2, 0) is 0 Å².